The highest BCUT2D eigenvalue weighted by Gasteiger charge is 2.26. The molecule has 1 amide bonds. The fourth-order valence-electron chi connectivity index (χ4n) is 4.17. The molecule has 0 aliphatic carbocycles. The minimum atomic E-state index is -0.445. The Bertz CT molecular complexity index is 1360. The van der Waals surface area contributed by atoms with E-state index in [1.54, 1.807) is 29.5 Å². The summed E-state index contributed by atoms with van der Waals surface area (Å²) in [5.74, 6) is -0.0234. The molecule has 2 N–H and O–H groups in total. The maximum absolute atomic E-state index is 13.8. The fourth-order valence-corrected chi connectivity index (χ4v) is 5.95. The fraction of sp³-hybridized carbons (Fsp3) is 0.292. The molecule has 4 aromatic rings. The topological polar surface area (TPSA) is 81.3 Å². The molecule has 1 saturated heterocycles. The van der Waals surface area contributed by atoms with Gasteiger partial charge in [-0.25, -0.2) is 9.37 Å². The Labute approximate surface area is 203 Å². The van der Waals surface area contributed by atoms with Crippen molar-refractivity contribution in [1.82, 2.24) is 19.8 Å². The van der Waals surface area contributed by atoms with Gasteiger partial charge in [-0.1, -0.05) is 18.2 Å². The number of carbonyl (C=O) groups excluding carboxylic acids is 1. The third-order valence-corrected chi connectivity index (χ3v) is 7.89. The van der Waals surface area contributed by atoms with Crippen LogP contribution in [0, 0.1) is 5.82 Å². The van der Waals surface area contributed by atoms with Crippen LogP contribution in [0.5, 0.6) is 0 Å². The average molecular weight is 498 g/mol. The molecule has 1 atom stereocenters. The average Bonchev–Trinajstić information content (AvgIpc) is 3.51. The lowest BCUT2D eigenvalue weighted by Gasteiger charge is -2.37. The maximum Gasteiger partial charge on any atom is 0.260 e. The minimum Gasteiger partial charge on any atom is -0.322 e. The molecular weight excluding hydrogens is 473 g/mol. The first-order valence-corrected chi connectivity index (χ1v) is 12.8. The molecule has 3 aromatic heterocycles. The number of anilines is 1. The number of H-pyrrole nitrogens is 1. The molecular formula is C24H24FN5O2S2. The van der Waals surface area contributed by atoms with E-state index in [0.717, 1.165) is 28.4 Å². The molecule has 176 valence electrons. The zero-order chi connectivity index (χ0) is 23.7. The van der Waals surface area contributed by atoms with Crippen LogP contribution in [0.3, 0.4) is 0 Å². The van der Waals surface area contributed by atoms with Gasteiger partial charge in [-0.05, 0) is 30.5 Å². The van der Waals surface area contributed by atoms with Gasteiger partial charge in [0.1, 0.15) is 16.5 Å². The lowest BCUT2D eigenvalue weighted by atomic mass is 10.2. The van der Waals surface area contributed by atoms with Gasteiger partial charge >= 0.3 is 0 Å². The molecule has 0 saturated carbocycles. The SMILES string of the molecule is C[C@H](C(=O)Nc1ccccc1F)N1CCN(Cc2nc3scc(-c4cccs4)c3c(=O)[nH]2)CC1. The zero-order valence-electron chi connectivity index (χ0n) is 18.6. The van der Waals surface area contributed by atoms with Crippen LogP contribution in [0.1, 0.15) is 12.7 Å². The van der Waals surface area contributed by atoms with E-state index in [-0.39, 0.29) is 23.2 Å². The summed E-state index contributed by atoms with van der Waals surface area (Å²) in [6.45, 7) is 5.25. The smallest absolute Gasteiger partial charge is 0.260 e. The number of fused-ring (bicyclic) bond motifs is 1. The molecule has 1 fully saturated rings. The van der Waals surface area contributed by atoms with Crippen molar-refractivity contribution in [2.24, 2.45) is 0 Å². The van der Waals surface area contributed by atoms with Gasteiger partial charge in [-0.2, -0.15) is 0 Å². The monoisotopic (exact) mass is 497 g/mol. The number of hydrogen-bond acceptors (Lipinski definition) is 7. The van der Waals surface area contributed by atoms with Gasteiger partial charge in [0.25, 0.3) is 5.56 Å². The molecule has 34 heavy (non-hydrogen) atoms. The molecule has 1 aromatic carbocycles. The summed E-state index contributed by atoms with van der Waals surface area (Å²) >= 11 is 3.10. The van der Waals surface area contributed by atoms with Gasteiger partial charge in [0.15, 0.2) is 0 Å². The van der Waals surface area contributed by atoms with E-state index in [9.17, 15) is 14.0 Å². The summed E-state index contributed by atoms with van der Waals surface area (Å²) in [4.78, 5) is 39.2. The summed E-state index contributed by atoms with van der Waals surface area (Å²) in [5.41, 5.74) is 1.02. The molecule has 10 heteroatoms. The van der Waals surface area contributed by atoms with Gasteiger partial charge in [-0.3, -0.25) is 19.4 Å². The zero-order valence-corrected chi connectivity index (χ0v) is 20.2. The second-order valence-corrected chi connectivity index (χ2v) is 10.1. The Morgan fingerprint density at radius 1 is 1.18 bits per heavy atom. The van der Waals surface area contributed by atoms with Crippen molar-refractivity contribution in [3.05, 3.63) is 69.2 Å². The second kappa shape index (κ2) is 9.75. The van der Waals surface area contributed by atoms with E-state index >= 15 is 0 Å². The number of nitrogens with one attached hydrogen (secondary N) is 2. The predicted molar refractivity (Wildman–Crippen MR) is 135 cm³/mol. The largest absolute Gasteiger partial charge is 0.322 e. The number of para-hydroxylation sites is 1. The number of amides is 1. The number of aromatic nitrogens is 2. The molecule has 4 heterocycles. The number of nitrogens with zero attached hydrogens (tertiary/aromatic N) is 3. The van der Waals surface area contributed by atoms with Crippen molar-refractivity contribution in [3.63, 3.8) is 0 Å². The van der Waals surface area contributed by atoms with Crippen LogP contribution < -0.4 is 10.9 Å². The van der Waals surface area contributed by atoms with Crippen LogP contribution in [0.25, 0.3) is 20.7 Å². The lowest BCUT2D eigenvalue weighted by Crippen LogP contribution is -2.52. The highest BCUT2D eigenvalue weighted by molar-refractivity contribution is 7.18. The molecule has 0 radical (unpaired) electrons. The van der Waals surface area contributed by atoms with E-state index < -0.39 is 5.82 Å². The number of hydrogen-bond donors (Lipinski definition) is 2. The molecule has 0 bridgehead atoms. The standard InChI is InChI=1S/C24H24FN5O2S2/c1-15(22(31)26-18-6-3-2-5-17(18)25)30-10-8-29(9-11-30)13-20-27-23(32)21-16(14-34-24(21)28-20)19-7-4-12-33-19/h2-7,12,14-15H,8-11,13H2,1H3,(H,26,31)(H,27,28,32)/t15-/m1/s1. The maximum atomic E-state index is 13.8. The Kier molecular flexibility index (Phi) is 6.55. The number of carbonyl (C=O) groups is 1. The van der Waals surface area contributed by atoms with E-state index in [4.69, 9.17) is 4.98 Å². The van der Waals surface area contributed by atoms with Crippen molar-refractivity contribution in [3.8, 4) is 10.4 Å². The molecule has 0 unspecified atom stereocenters. The number of thiophene rings is 2. The number of rotatable bonds is 6. The predicted octanol–water partition coefficient (Wildman–Crippen LogP) is 4.00. The van der Waals surface area contributed by atoms with Crippen LogP contribution >= 0.6 is 22.7 Å². The van der Waals surface area contributed by atoms with Crippen molar-refractivity contribution >= 4 is 44.5 Å². The molecule has 5 rings (SSSR count). The van der Waals surface area contributed by atoms with Crippen molar-refractivity contribution < 1.29 is 9.18 Å². The van der Waals surface area contributed by atoms with Gasteiger partial charge in [0.2, 0.25) is 5.91 Å². The van der Waals surface area contributed by atoms with Crippen LogP contribution in [-0.4, -0.2) is 57.9 Å². The first-order valence-electron chi connectivity index (χ1n) is 11.1. The molecule has 1 aliphatic rings. The molecule has 1 aliphatic heterocycles. The first kappa shape index (κ1) is 22.9. The Morgan fingerprint density at radius 3 is 2.71 bits per heavy atom. The number of halogens is 1. The Morgan fingerprint density at radius 2 is 1.97 bits per heavy atom. The van der Waals surface area contributed by atoms with E-state index in [0.29, 0.717) is 30.8 Å². The summed E-state index contributed by atoms with van der Waals surface area (Å²) in [7, 11) is 0. The summed E-state index contributed by atoms with van der Waals surface area (Å²) in [6.07, 6.45) is 0. The highest BCUT2D eigenvalue weighted by atomic mass is 32.1. The van der Waals surface area contributed by atoms with Crippen LogP contribution in [0.2, 0.25) is 0 Å². The normalized spacial score (nSPS) is 16.1. The van der Waals surface area contributed by atoms with Crippen LogP contribution in [0.15, 0.2) is 52.0 Å². The van der Waals surface area contributed by atoms with Gasteiger partial charge < -0.3 is 10.3 Å². The van der Waals surface area contributed by atoms with Crippen molar-refractivity contribution in [2.45, 2.75) is 19.5 Å². The van der Waals surface area contributed by atoms with Crippen LogP contribution in [-0.2, 0) is 11.3 Å². The first-order chi connectivity index (χ1) is 16.5. The Balaban J connectivity index is 1.20. The van der Waals surface area contributed by atoms with Gasteiger partial charge in [-0.15, -0.1) is 22.7 Å². The highest BCUT2D eigenvalue weighted by Crippen LogP contribution is 2.33. The minimum absolute atomic E-state index is 0.110. The van der Waals surface area contributed by atoms with Gasteiger partial charge in [0, 0.05) is 42.0 Å². The summed E-state index contributed by atoms with van der Waals surface area (Å²) < 4.78 is 13.8. The van der Waals surface area contributed by atoms with Crippen LogP contribution in [0.4, 0.5) is 10.1 Å². The summed E-state index contributed by atoms with van der Waals surface area (Å²) in [6, 6.07) is 9.77. The number of benzene rings is 1. The quantitative estimate of drug-likeness (QED) is 0.421. The Hall–Kier alpha value is -2.92. The number of aromatic amines is 1. The molecule has 7 nitrogen and oxygen atoms in total. The van der Waals surface area contributed by atoms with E-state index in [1.807, 2.05) is 29.8 Å². The van der Waals surface area contributed by atoms with Crippen molar-refractivity contribution in [1.29, 1.82) is 0 Å². The third-order valence-electron chi connectivity index (χ3n) is 6.12. The van der Waals surface area contributed by atoms with Crippen molar-refractivity contribution in [2.75, 3.05) is 31.5 Å². The van der Waals surface area contributed by atoms with Gasteiger partial charge in [0.05, 0.1) is 23.7 Å². The lowest BCUT2D eigenvalue weighted by molar-refractivity contribution is -0.121. The van der Waals surface area contributed by atoms with E-state index in [2.05, 4.69) is 20.1 Å². The number of piperazine rings is 1. The van der Waals surface area contributed by atoms with E-state index in [1.165, 1.54) is 17.4 Å². The second-order valence-electron chi connectivity index (χ2n) is 8.28. The summed E-state index contributed by atoms with van der Waals surface area (Å²) in [5, 5.41) is 7.32. The molecule has 0 spiro atoms. The third kappa shape index (κ3) is 4.67.